The summed E-state index contributed by atoms with van der Waals surface area (Å²) in [6.07, 6.45) is 8.78. The van der Waals surface area contributed by atoms with Gasteiger partial charge in [-0.05, 0) is 36.5 Å². The van der Waals surface area contributed by atoms with E-state index in [0.29, 0.717) is 18.0 Å². The largest absolute Gasteiger partial charge is 0.327 e. The molecule has 0 aliphatic heterocycles. The van der Waals surface area contributed by atoms with Crippen molar-refractivity contribution < 1.29 is 0 Å². The highest BCUT2D eigenvalue weighted by atomic mass is 14.5. The molecule has 2 heteroatoms. The van der Waals surface area contributed by atoms with Crippen molar-refractivity contribution in [1.82, 2.24) is 0 Å². The minimum Gasteiger partial charge on any atom is -0.327 e. The van der Waals surface area contributed by atoms with Gasteiger partial charge in [-0.1, -0.05) is 43.0 Å². The van der Waals surface area contributed by atoms with Gasteiger partial charge in [0, 0.05) is 6.54 Å². The van der Waals surface area contributed by atoms with Crippen molar-refractivity contribution in [2.75, 3.05) is 6.54 Å². The van der Waals surface area contributed by atoms with E-state index in [4.69, 9.17) is 11.0 Å². The van der Waals surface area contributed by atoms with Crippen LogP contribution in [0, 0.1) is 17.2 Å². The molecule has 0 atom stereocenters. The van der Waals surface area contributed by atoms with Gasteiger partial charge in [-0.3, -0.25) is 0 Å². The van der Waals surface area contributed by atoms with Crippen LogP contribution in [-0.4, -0.2) is 6.54 Å². The molecule has 0 saturated heterocycles. The Hall–Kier alpha value is -1.59. The van der Waals surface area contributed by atoms with Gasteiger partial charge in [0.2, 0.25) is 0 Å². The molecular formula is C16H20N2. The maximum atomic E-state index is 8.77. The first-order chi connectivity index (χ1) is 8.83. The summed E-state index contributed by atoms with van der Waals surface area (Å²) >= 11 is 0. The molecule has 1 aliphatic rings. The van der Waals surface area contributed by atoms with Crippen LogP contribution in [0.15, 0.2) is 29.8 Å². The Bertz CT molecular complexity index is 445. The molecule has 1 saturated carbocycles. The molecule has 0 bridgehead atoms. The number of nitriles is 1. The van der Waals surface area contributed by atoms with Crippen molar-refractivity contribution in [2.24, 2.45) is 11.7 Å². The van der Waals surface area contributed by atoms with E-state index in [0.717, 1.165) is 5.56 Å². The van der Waals surface area contributed by atoms with Crippen LogP contribution in [0.25, 0.3) is 6.08 Å². The first kappa shape index (κ1) is 12.9. The van der Waals surface area contributed by atoms with E-state index in [1.807, 2.05) is 24.3 Å². The molecule has 2 rings (SSSR count). The van der Waals surface area contributed by atoms with Gasteiger partial charge in [0.05, 0.1) is 11.6 Å². The monoisotopic (exact) mass is 240 g/mol. The minimum atomic E-state index is 0.644. The van der Waals surface area contributed by atoms with E-state index in [9.17, 15) is 0 Å². The fraction of sp³-hybridized carbons (Fsp3) is 0.438. The van der Waals surface area contributed by atoms with E-state index in [2.05, 4.69) is 12.1 Å². The first-order valence-electron chi connectivity index (χ1n) is 6.74. The van der Waals surface area contributed by atoms with Crippen LogP contribution in [0.4, 0.5) is 0 Å². The Labute approximate surface area is 109 Å². The molecule has 18 heavy (non-hydrogen) atoms. The zero-order valence-electron chi connectivity index (χ0n) is 10.7. The Morgan fingerprint density at radius 3 is 2.44 bits per heavy atom. The maximum Gasteiger partial charge on any atom is 0.0991 e. The summed E-state index contributed by atoms with van der Waals surface area (Å²) < 4.78 is 0. The predicted octanol–water partition coefficient (Wildman–Crippen LogP) is 3.48. The second-order valence-electron chi connectivity index (χ2n) is 4.99. The molecule has 0 radical (unpaired) electrons. The number of benzene rings is 1. The number of rotatable bonds is 3. The summed E-state index contributed by atoms with van der Waals surface area (Å²) in [4.78, 5) is 0. The smallest absolute Gasteiger partial charge is 0.0991 e. The first-order valence-corrected chi connectivity index (χ1v) is 6.74. The number of hydrogen-bond acceptors (Lipinski definition) is 2. The lowest BCUT2D eigenvalue weighted by molar-refractivity contribution is 0.401. The highest BCUT2D eigenvalue weighted by Crippen LogP contribution is 2.30. The standard InChI is InChI=1S/C16H20N2/c17-11-14-8-6-13(7-9-14)10-16(12-18)15-4-2-1-3-5-15/h6-10,15H,1-5,12,18H2. The van der Waals surface area contributed by atoms with Crippen molar-refractivity contribution in [3.8, 4) is 6.07 Å². The number of nitrogens with zero attached hydrogens (tertiary/aromatic N) is 1. The fourth-order valence-electron chi connectivity index (χ4n) is 2.68. The van der Waals surface area contributed by atoms with Gasteiger partial charge in [0.15, 0.2) is 0 Å². The molecule has 0 aromatic heterocycles. The van der Waals surface area contributed by atoms with Crippen LogP contribution in [0.5, 0.6) is 0 Å². The molecular weight excluding hydrogens is 220 g/mol. The summed E-state index contributed by atoms with van der Waals surface area (Å²) in [5.41, 5.74) is 9.11. The van der Waals surface area contributed by atoms with E-state index < -0.39 is 0 Å². The lowest BCUT2D eigenvalue weighted by Gasteiger charge is -2.23. The van der Waals surface area contributed by atoms with E-state index in [1.54, 1.807) is 0 Å². The third-order valence-corrected chi connectivity index (χ3v) is 3.76. The zero-order chi connectivity index (χ0) is 12.8. The SMILES string of the molecule is N#Cc1ccc(C=C(CN)C2CCCCC2)cc1. The summed E-state index contributed by atoms with van der Waals surface area (Å²) in [6, 6.07) is 9.86. The maximum absolute atomic E-state index is 8.77. The van der Waals surface area contributed by atoms with Crippen LogP contribution < -0.4 is 5.73 Å². The van der Waals surface area contributed by atoms with Crippen LogP contribution in [0.1, 0.15) is 43.2 Å². The number of hydrogen-bond donors (Lipinski definition) is 1. The predicted molar refractivity (Wildman–Crippen MR) is 74.8 cm³/mol. The van der Waals surface area contributed by atoms with Crippen LogP contribution >= 0.6 is 0 Å². The molecule has 0 amide bonds. The van der Waals surface area contributed by atoms with E-state index >= 15 is 0 Å². The molecule has 1 fully saturated rings. The quantitative estimate of drug-likeness (QED) is 0.879. The van der Waals surface area contributed by atoms with E-state index in [-0.39, 0.29) is 0 Å². The Kier molecular flexibility index (Phi) is 4.55. The lowest BCUT2D eigenvalue weighted by Crippen LogP contribution is -2.16. The third-order valence-electron chi connectivity index (χ3n) is 3.76. The molecule has 0 spiro atoms. The van der Waals surface area contributed by atoms with Gasteiger partial charge < -0.3 is 5.73 Å². The number of nitrogens with two attached hydrogens (primary N) is 1. The third kappa shape index (κ3) is 3.21. The molecule has 0 unspecified atom stereocenters. The molecule has 0 heterocycles. The van der Waals surface area contributed by atoms with Crippen LogP contribution in [-0.2, 0) is 0 Å². The Morgan fingerprint density at radius 1 is 1.22 bits per heavy atom. The highest BCUT2D eigenvalue weighted by molar-refractivity contribution is 5.55. The van der Waals surface area contributed by atoms with Crippen molar-refractivity contribution in [2.45, 2.75) is 32.1 Å². The molecule has 1 aromatic carbocycles. The van der Waals surface area contributed by atoms with Gasteiger partial charge in [-0.2, -0.15) is 5.26 Å². The minimum absolute atomic E-state index is 0.644. The van der Waals surface area contributed by atoms with Crippen molar-refractivity contribution in [3.05, 3.63) is 41.0 Å². The van der Waals surface area contributed by atoms with Gasteiger partial charge in [-0.15, -0.1) is 0 Å². The molecule has 94 valence electrons. The summed E-state index contributed by atoms with van der Waals surface area (Å²) in [7, 11) is 0. The van der Waals surface area contributed by atoms with Gasteiger partial charge in [0.1, 0.15) is 0 Å². The summed E-state index contributed by atoms with van der Waals surface area (Å²) in [5, 5.41) is 8.77. The Morgan fingerprint density at radius 2 is 1.89 bits per heavy atom. The summed E-state index contributed by atoms with van der Waals surface area (Å²) in [5.74, 6) is 0.666. The topological polar surface area (TPSA) is 49.8 Å². The molecule has 2 nitrogen and oxygen atoms in total. The fourth-order valence-corrected chi connectivity index (χ4v) is 2.68. The van der Waals surface area contributed by atoms with Crippen molar-refractivity contribution >= 4 is 6.08 Å². The molecule has 1 aromatic rings. The average Bonchev–Trinajstić information content (AvgIpc) is 2.46. The average molecular weight is 240 g/mol. The normalized spacial score (nSPS) is 17.4. The van der Waals surface area contributed by atoms with Gasteiger partial charge in [0.25, 0.3) is 0 Å². The summed E-state index contributed by atoms with van der Waals surface area (Å²) in [6.45, 7) is 0.644. The van der Waals surface area contributed by atoms with Gasteiger partial charge >= 0.3 is 0 Å². The molecule has 2 N–H and O–H groups in total. The van der Waals surface area contributed by atoms with Crippen LogP contribution in [0.2, 0.25) is 0 Å². The van der Waals surface area contributed by atoms with Crippen molar-refractivity contribution in [1.29, 1.82) is 5.26 Å². The lowest BCUT2D eigenvalue weighted by atomic mass is 9.83. The molecule has 1 aliphatic carbocycles. The second kappa shape index (κ2) is 6.37. The van der Waals surface area contributed by atoms with E-state index in [1.165, 1.54) is 37.7 Å². The second-order valence-corrected chi connectivity index (χ2v) is 4.99. The van der Waals surface area contributed by atoms with Crippen LogP contribution in [0.3, 0.4) is 0 Å². The Balaban J connectivity index is 2.14. The van der Waals surface area contributed by atoms with Crippen molar-refractivity contribution in [3.63, 3.8) is 0 Å². The zero-order valence-corrected chi connectivity index (χ0v) is 10.7. The highest BCUT2D eigenvalue weighted by Gasteiger charge is 2.16. The van der Waals surface area contributed by atoms with Gasteiger partial charge in [-0.25, -0.2) is 0 Å².